The van der Waals surface area contributed by atoms with Gasteiger partial charge < -0.3 is 11.1 Å². The maximum absolute atomic E-state index is 11.8. The molecular weight excluding hydrogens is 224 g/mol. The predicted molar refractivity (Wildman–Crippen MR) is 72.8 cm³/mol. The fourth-order valence-electron chi connectivity index (χ4n) is 2.67. The Morgan fingerprint density at radius 2 is 1.89 bits per heavy atom. The highest BCUT2D eigenvalue weighted by Crippen LogP contribution is 2.27. The van der Waals surface area contributed by atoms with E-state index in [0.29, 0.717) is 25.4 Å². The summed E-state index contributed by atoms with van der Waals surface area (Å²) in [6, 6.07) is 8.00. The van der Waals surface area contributed by atoms with Crippen molar-refractivity contribution in [1.29, 1.82) is 0 Å². The Labute approximate surface area is 109 Å². The summed E-state index contributed by atoms with van der Waals surface area (Å²) >= 11 is 0. The third kappa shape index (κ3) is 3.57. The maximum Gasteiger partial charge on any atom is 0.220 e. The zero-order chi connectivity index (χ0) is 12.8. The van der Waals surface area contributed by atoms with Gasteiger partial charge in [-0.1, -0.05) is 37.1 Å². The molecule has 3 heteroatoms. The van der Waals surface area contributed by atoms with Crippen LogP contribution in [-0.4, -0.2) is 5.91 Å². The van der Waals surface area contributed by atoms with Gasteiger partial charge in [-0.2, -0.15) is 0 Å². The van der Waals surface area contributed by atoms with Gasteiger partial charge in [-0.05, 0) is 29.9 Å². The van der Waals surface area contributed by atoms with Crippen molar-refractivity contribution in [3.63, 3.8) is 0 Å². The van der Waals surface area contributed by atoms with Gasteiger partial charge in [-0.3, -0.25) is 4.79 Å². The second kappa shape index (κ2) is 6.55. The minimum Gasteiger partial charge on any atom is -0.352 e. The number of rotatable bonds is 5. The molecule has 18 heavy (non-hydrogen) atoms. The Hall–Kier alpha value is -1.35. The normalized spacial score (nSPS) is 15.8. The first-order valence-corrected chi connectivity index (χ1v) is 6.83. The second-order valence-electron chi connectivity index (χ2n) is 5.10. The summed E-state index contributed by atoms with van der Waals surface area (Å²) in [6.07, 6.45) is 5.69. The van der Waals surface area contributed by atoms with E-state index in [1.165, 1.54) is 25.7 Å². The molecule has 0 heterocycles. The van der Waals surface area contributed by atoms with Crippen LogP contribution in [0.5, 0.6) is 0 Å². The number of nitrogens with one attached hydrogen (secondary N) is 1. The highest BCUT2D eigenvalue weighted by Gasteiger charge is 2.18. The van der Waals surface area contributed by atoms with Crippen molar-refractivity contribution in [2.75, 3.05) is 0 Å². The lowest BCUT2D eigenvalue weighted by molar-refractivity contribution is -0.122. The summed E-state index contributed by atoms with van der Waals surface area (Å²) < 4.78 is 0. The van der Waals surface area contributed by atoms with Gasteiger partial charge in [0.1, 0.15) is 0 Å². The van der Waals surface area contributed by atoms with Crippen LogP contribution in [0.25, 0.3) is 0 Å². The molecule has 1 aromatic carbocycles. The lowest BCUT2D eigenvalue weighted by atomic mass is 10.0. The fraction of sp³-hybridized carbons (Fsp3) is 0.533. The first-order chi connectivity index (χ1) is 8.79. The van der Waals surface area contributed by atoms with Crippen molar-refractivity contribution in [2.45, 2.75) is 45.2 Å². The molecule has 0 atom stereocenters. The van der Waals surface area contributed by atoms with Crippen molar-refractivity contribution in [1.82, 2.24) is 5.32 Å². The molecular formula is C15H22N2O. The summed E-state index contributed by atoms with van der Waals surface area (Å²) in [7, 11) is 0. The molecule has 3 nitrogen and oxygen atoms in total. The Balaban J connectivity index is 1.81. The third-order valence-electron chi connectivity index (χ3n) is 3.76. The number of benzene rings is 1. The van der Waals surface area contributed by atoms with E-state index in [-0.39, 0.29) is 5.91 Å². The lowest BCUT2D eigenvalue weighted by Crippen LogP contribution is -2.25. The number of nitrogens with two attached hydrogens (primary N) is 1. The van der Waals surface area contributed by atoms with Crippen molar-refractivity contribution in [2.24, 2.45) is 11.7 Å². The molecule has 1 aliphatic carbocycles. The molecule has 1 fully saturated rings. The van der Waals surface area contributed by atoms with Crippen LogP contribution in [0.15, 0.2) is 24.3 Å². The fourth-order valence-corrected chi connectivity index (χ4v) is 2.67. The Morgan fingerprint density at radius 3 is 2.56 bits per heavy atom. The number of amides is 1. The van der Waals surface area contributed by atoms with E-state index in [1.807, 2.05) is 24.3 Å². The quantitative estimate of drug-likeness (QED) is 0.838. The lowest BCUT2D eigenvalue weighted by Gasteiger charge is -2.11. The van der Waals surface area contributed by atoms with Gasteiger partial charge in [0.15, 0.2) is 0 Å². The molecule has 1 aliphatic rings. The maximum atomic E-state index is 11.8. The van der Waals surface area contributed by atoms with E-state index in [9.17, 15) is 4.79 Å². The van der Waals surface area contributed by atoms with Gasteiger partial charge in [0.2, 0.25) is 5.91 Å². The van der Waals surface area contributed by atoms with E-state index < -0.39 is 0 Å². The molecule has 0 saturated heterocycles. The molecule has 0 spiro atoms. The average molecular weight is 246 g/mol. The molecule has 2 rings (SSSR count). The Kier molecular flexibility index (Phi) is 4.76. The summed E-state index contributed by atoms with van der Waals surface area (Å²) in [5.74, 6) is 0.781. The molecule has 0 aliphatic heterocycles. The largest absolute Gasteiger partial charge is 0.352 e. The molecule has 0 aromatic heterocycles. The van der Waals surface area contributed by atoms with Crippen LogP contribution in [0.1, 0.15) is 43.2 Å². The highest BCUT2D eigenvalue weighted by atomic mass is 16.1. The summed E-state index contributed by atoms with van der Waals surface area (Å²) in [6.45, 7) is 1.12. The van der Waals surface area contributed by atoms with Crippen molar-refractivity contribution in [3.05, 3.63) is 35.4 Å². The summed E-state index contributed by atoms with van der Waals surface area (Å²) in [5.41, 5.74) is 7.91. The Bertz CT molecular complexity index is 397. The van der Waals surface area contributed by atoms with Crippen LogP contribution in [-0.2, 0) is 17.9 Å². The van der Waals surface area contributed by atoms with Crippen molar-refractivity contribution in [3.8, 4) is 0 Å². The van der Waals surface area contributed by atoms with E-state index in [0.717, 1.165) is 11.1 Å². The zero-order valence-electron chi connectivity index (χ0n) is 10.8. The van der Waals surface area contributed by atoms with Crippen LogP contribution in [0.4, 0.5) is 0 Å². The monoisotopic (exact) mass is 246 g/mol. The third-order valence-corrected chi connectivity index (χ3v) is 3.76. The first kappa shape index (κ1) is 13.1. The molecule has 3 N–H and O–H groups in total. The van der Waals surface area contributed by atoms with Gasteiger partial charge in [0, 0.05) is 19.5 Å². The molecule has 98 valence electrons. The summed E-state index contributed by atoms with van der Waals surface area (Å²) in [4.78, 5) is 11.8. The van der Waals surface area contributed by atoms with E-state index in [2.05, 4.69) is 5.32 Å². The topological polar surface area (TPSA) is 55.1 Å². The minimum absolute atomic E-state index is 0.175. The summed E-state index contributed by atoms with van der Waals surface area (Å²) in [5, 5.41) is 3.01. The number of hydrogen-bond acceptors (Lipinski definition) is 2. The second-order valence-corrected chi connectivity index (χ2v) is 5.10. The van der Waals surface area contributed by atoms with Crippen LogP contribution in [0.3, 0.4) is 0 Å². The van der Waals surface area contributed by atoms with Gasteiger partial charge in [-0.25, -0.2) is 0 Å². The van der Waals surface area contributed by atoms with E-state index >= 15 is 0 Å². The number of hydrogen-bond donors (Lipinski definition) is 2. The highest BCUT2D eigenvalue weighted by molar-refractivity contribution is 5.76. The molecule has 0 radical (unpaired) electrons. The molecule has 1 aromatic rings. The molecule has 1 amide bonds. The SMILES string of the molecule is NCc1ccccc1CNC(=O)CC1CCCC1. The van der Waals surface area contributed by atoms with Crippen LogP contribution in [0.2, 0.25) is 0 Å². The smallest absolute Gasteiger partial charge is 0.220 e. The van der Waals surface area contributed by atoms with Crippen LogP contribution >= 0.6 is 0 Å². The van der Waals surface area contributed by atoms with Crippen molar-refractivity contribution < 1.29 is 4.79 Å². The molecule has 0 bridgehead atoms. The number of carbonyl (C=O) groups excluding carboxylic acids is 1. The minimum atomic E-state index is 0.175. The van der Waals surface area contributed by atoms with E-state index in [4.69, 9.17) is 5.73 Å². The zero-order valence-corrected chi connectivity index (χ0v) is 10.8. The van der Waals surface area contributed by atoms with Gasteiger partial charge in [0.25, 0.3) is 0 Å². The van der Waals surface area contributed by atoms with E-state index in [1.54, 1.807) is 0 Å². The predicted octanol–water partition coefficient (Wildman–Crippen LogP) is 2.34. The standard InChI is InChI=1S/C15H22N2O/c16-10-13-7-3-4-8-14(13)11-17-15(18)9-12-5-1-2-6-12/h3-4,7-8,12H,1-2,5-6,9-11,16H2,(H,17,18). The van der Waals surface area contributed by atoms with Crippen molar-refractivity contribution >= 4 is 5.91 Å². The van der Waals surface area contributed by atoms with Crippen LogP contribution < -0.4 is 11.1 Å². The molecule has 1 saturated carbocycles. The first-order valence-electron chi connectivity index (χ1n) is 6.83. The average Bonchev–Trinajstić information content (AvgIpc) is 2.89. The van der Waals surface area contributed by atoms with Crippen LogP contribution in [0, 0.1) is 5.92 Å². The van der Waals surface area contributed by atoms with Gasteiger partial charge in [-0.15, -0.1) is 0 Å². The van der Waals surface area contributed by atoms with Gasteiger partial charge >= 0.3 is 0 Å². The van der Waals surface area contributed by atoms with Gasteiger partial charge in [0.05, 0.1) is 0 Å². The number of carbonyl (C=O) groups is 1. The Morgan fingerprint density at radius 1 is 1.22 bits per heavy atom. The molecule has 0 unspecified atom stereocenters.